The molecule has 0 amide bonds. The van der Waals surface area contributed by atoms with Crippen LogP contribution in [0.15, 0.2) is 0 Å². The Hall–Kier alpha value is -0.370. The highest BCUT2D eigenvalue weighted by atomic mass is 35.5. The van der Waals surface area contributed by atoms with Crippen molar-refractivity contribution in [2.24, 2.45) is 11.8 Å². The first-order valence-electron chi connectivity index (χ1n) is 5.19. The molecule has 2 unspecified atom stereocenters. The molecule has 0 bridgehead atoms. The van der Waals surface area contributed by atoms with Crippen molar-refractivity contribution < 1.29 is 9.59 Å². The standard InChI is InChI=1S/C11H17ClO2/c1-7(13)11(8(2)14)9-5-3-4-6-10(9)12/h9-11H,3-6H2,1-2H3. The Labute approximate surface area is 90.0 Å². The maximum absolute atomic E-state index is 11.4. The highest BCUT2D eigenvalue weighted by Gasteiger charge is 2.35. The van der Waals surface area contributed by atoms with Crippen LogP contribution in [0, 0.1) is 11.8 Å². The van der Waals surface area contributed by atoms with Crippen molar-refractivity contribution in [1.29, 1.82) is 0 Å². The maximum Gasteiger partial charge on any atom is 0.140 e. The van der Waals surface area contributed by atoms with E-state index < -0.39 is 5.92 Å². The number of alkyl halides is 1. The largest absolute Gasteiger partial charge is 0.299 e. The Kier molecular flexibility index (Phi) is 4.11. The van der Waals surface area contributed by atoms with Crippen LogP contribution in [0.5, 0.6) is 0 Å². The molecular weight excluding hydrogens is 200 g/mol. The number of rotatable bonds is 3. The highest BCUT2D eigenvalue weighted by molar-refractivity contribution is 6.21. The molecule has 0 spiro atoms. The van der Waals surface area contributed by atoms with Gasteiger partial charge in [-0.15, -0.1) is 11.6 Å². The summed E-state index contributed by atoms with van der Waals surface area (Å²) in [5.41, 5.74) is 0. The molecule has 80 valence electrons. The second-order valence-corrected chi connectivity index (χ2v) is 4.72. The van der Waals surface area contributed by atoms with Crippen LogP contribution in [-0.4, -0.2) is 16.9 Å². The molecule has 14 heavy (non-hydrogen) atoms. The van der Waals surface area contributed by atoms with Gasteiger partial charge in [0, 0.05) is 5.38 Å². The van der Waals surface area contributed by atoms with E-state index in [9.17, 15) is 9.59 Å². The quantitative estimate of drug-likeness (QED) is 0.537. The van der Waals surface area contributed by atoms with E-state index in [0.29, 0.717) is 0 Å². The number of ketones is 2. The lowest BCUT2D eigenvalue weighted by Gasteiger charge is -2.31. The van der Waals surface area contributed by atoms with Gasteiger partial charge < -0.3 is 0 Å². The molecule has 1 aliphatic rings. The molecule has 0 heterocycles. The fourth-order valence-corrected chi connectivity index (χ4v) is 2.80. The van der Waals surface area contributed by atoms with Gasteiger partial charge in [-0.05, 0) is 32.6 Å². The van der Waals surface area contributed by atoms with Crippen LogP contribution in [0.25, 0.3) is 0 Å². The van der Waals surface area contributed by atoms with Crippen molar-refractivity contribution in [2.45, 2.75) is 44.9 Å². The van der Waals surface area contributed by atoms with Gasteiger partial charge in [-0.25, -0.2) is 0 Å². The fourth-order valence-electron chi connectivity index (χ4n) is 2.38. The average molecular weight is 217 g/mol. The van der Waals surface area contributed by atoms with Crippen LogP contribution in [0.2, 0.25) is 0 Å². The van der Waals surface area contributed by atoms with Crippen LogP contribution in [0.1, 0.15) is 39.5 Å². The Bertz CT molecular complexity index is 223. The second-order valence-electron chi connectivity index (χ2n) is 4.16. The number of Topliss-reactive ketones (excluding diaryl/α,β-unsaturated/α-hetero) is 2. The smallest absolute Gasteiger partial charge is 0.140 e. The minimum atomic E-state index is -0.460. The minimum absolute atomic E-state index is 0.00144. The molecule has 0 N–H and O–H groups in total. The summed E-state index contributed by atoms with van der Waals surface area (Å²) < 4.78 is 0. The summed E-state index contributed by atoms with van der Waals surface area (Å²) in [7, 11) is 0. The van der Waals surface area contributed by atoms with Crippen molar-refractivity contribution in [3.63, 3.8) is 0 Å². The first-order chi connectivity index (χ1) is 6.54. The van der Waals surface area contributed by atoms with Crippen LogP contribution in [0.3, 0.4) is 0 Å². The van der Waals surface area contributed by atoms with Gasteiger partial charge in [0.05, 0.1) is 5.92 Å². The molecule has 2 nitrogen and oxygen atoms in total. The average Bonchev–Trinajstić information content (AvgIpc) is 2.07. The van der Waals surface area contributed by atoms with Crippen molar-refractivity contribution in [3.05, 3.63) is 0 Å². The number of carbonyl (C=O) groups is 2. The normalized spacial score (nSPS) is 27.7. The third-order valence-electron chi connectivity index (χ3n) is 3.04. The molecule has 0 radical (unpaired) electrons. The van der Waals surface area contributed by atoms with Gasteiger partial charge in [-0.3, -0.25) is 9.59 Å². The van der Waals surface area contributed by atoms with Gasteiger partial charge in [0.2, 0.25) is 0 Å². The van der Waals surface area contributed by atoms with Crippen molar-refractivity contribution >= 4 is 23.2 Å². The predicted molar refractivity (Wildman–Crippen MR) is 56.5 cm³/mol. The Morgan fingerprint density at radius 1 is 1.14 bits per heavy atom. The van der Waals surface area contributed by atoms with E-state index in [1.807, 2.05) is 0 Å². The zero-order chi connectivity index (χ0) is 10.7. The van der Waals surface area contributed by atoms with E-state index in [4.69, 9.17) is 11.6 Å². The van der Waals surface area contributed by atoms with Gasteiger partial charge in [0.15, 0.2) is 0 Å². The van der Waals surface area contributed by atoms with Gasteiger partial charge in [-0.1, -0.05) is 12.8 Å². The number of hydrogen-bond acceptors (Lipinski definition) is 2. The third-order valence-corrected chi connectivity index (χ3v) is 3.58. The molecule has 1 fully saturated rings. The molecule has 0 saturated heterocycles. The summed E-state index contributed by atoms with van der Waals surface area (Å²) in [6.07, 6.45) is 4.05. The van der Waals surface area contributed by atoms with E-state index in [1.54, 1.807) is 0 Å². The summed E-state index contributed by atoms with van der Waals surface area (Å²) in [6.45, 7) is 2.98. The second kappa shape index (κ2) is 4.92. The molecule has 1 rings (SSSR count). The molecule has 0 aliphatic heterocycles. The fraction of sp³-hybridized carbons (Fsp3) is 0.818. The molecular formula is C11H17ClO2. The summed E-state index contributed by atoms with van der Waals surface area (Å²) in [6, 6.07) is 0. The first-order valence-corrected chi connectivity index (χ1v) is 5.62. The Balaban J connectivity index is 2.75. The summed E-state index contributed by atoms with van der Waals surface area (Å²) in [5.74, 6) is -0.455. The summed E-state index contributed by atoms with van der Waals surface area (Å²) >= 11 is 6.16. The Morgan fingerprint density at radius 3 is 2.07 bits per heavy atom. The zero-order valence-electron chi connectivity index (χ0n) is 8.75. The Morgan fingerprint density at radius 2 is 1.64 bits per heavy atom. The van der Waals surface area contributed by atoms with E-state index in [2.05, 4.69) is 0 Å². The van der Waals surface area contributed by atoms with Crippen LogP contribution in [-0.2, 0) is 9.59 Å². The van der Waals surface area contributed by atoms with E-state index in [1.165, 1.54) is 13.8 Å². The number of carbonyl (C=O) groups excluding carboxylic acids is 2. The third kappa shape index (κ3) is 2.57. The van der Waals surface area contributed by atoms with Gasteiger partial charge in [0.1, 0.15) is 11.6 Å². The number of halogens is 1. The van der Waals surface area contributed by atoms with Crippen LogP contribution >= 0.6 is 11.6 Å². The van der Waals surface area contributed by atoms with Crippen molar-refractivity contribution in [3.8, 4) is 0 Å². The topological polar surface area (TPSA) is 34.1 Å². The lowest BCUT2D eigenvalue weighted by atomic mass is 9.76. The lowest BCUT2D eigenvalue weighted by molar-refractivity contribution is -0.133. The molecule has 2 atom stereocenters. The van der Waals surface area contributed by atoms with Gasteiger partial charge in [-0.2, -0.15) is 0 Å². The van der Waals surface area contributed by atoms with Gasteiger partial charge in [0.25, 0.3) is 0 Å². The summed E-state index contributed by atoms with van der Waals surface area (Å²) in [5, 5.41) is 0.00144. The molecule has 0 aromatic carbocycles. The van der Waals surface area contributed by atoms with E-state index in [0.717, 1.165) is 25.7 Å². The molecule has 0 aromatic rings. The molecule has 0 aromatic heterocycles. The molecule has 1 aliphatic carbocycles. The first kappa shape index (κ1) is 11.7. The summed E-state index contributed by atoms with van der Waals surface area (Å²) in [4.78, 5) is 22.7. The van der Waals surface area contributed by atoms with Crippen LogP contribution in [0.4, 0.5) is 0 Å². The van der Waals surface area contributed by atoms with Crippen molar-refractivity contribution in [2.75, 3.05) is 0 Å². The SMILES string of the molecule is CC(=O)C(C(C)=O)C1CCCCC1Cl. The van der Waals surface area contributed by atoms with Crippen LogP contribution < -0.4 is 0 Å². The van der Waals surface area contributed by atoms with E-state index in [-0.39, 0.29) is 22.9 Å². The van der Waals surface area contributed by atoms with E-state index >= 15 is 0 Å². The predicted octanol–water partition coefficient (Wildman–Crippen LogP) is 2.58. The lowest BCUT2D eigenvalue weighted by Crippen LogP contribution is -2.35. The van der Waals surface area contributed by atoms with Crippen molar-refractivity contribution in [1.82, 2.24) is 0 Å². The monoisotopic (exact) mass is 216 g/mol. The maximum atomic E-state index is 11.4. The molecule has 1 saturated carbocycles. The minimum Gasteiger partial charge on any atom is -0.299 e. The highest BCUT2D eigenvalue weighted by Crippen LogP contribution is 2.34. The molecule has 3 heteroatoms. The zero-order valence-corrected chi connectivity index (χ0v) is 9.51. The number of hydrogen-bond donors (Lipinski definition) is 0. The van der Waals surface area contributed by atoms with Gasteiger partial charge >= 0.3 is 0 Å².